The number of nitrogens with one attached hydrogen (secondary N) is 1. The van der Waals surface area contributed by atoms with Crippen LogP contribution in [0.25, 0.3) is 0 Å². The molecular weight excluding hydrogens is 274 g/mol. The summed E-state index contributed by atoms with van der Waals surface area (Å²) in [6.07, 6.45) is 3.17. The van der Waals surface area contributed by atoms with E-state index in [4.69, 9.17) is 10.5 Å². The predicted molar refractivity (Wildman–Crippen MR) is 79.7 cm³/mol. The Labute approximate surface area is 123 Å². The van der Waals surface area contributed by atoms with Crippen LogP contribution in [-0.4, -0.2) is 37.2 Å². The Morgan fingerprint density at radius 3 is 2.90 bits per heavy atom. The molecule has 3 N–H and O–H groups in total. The Bertz CT molecular complexity index is 441. The molecule has 1 saturated heterocycles. The van der Waals surface area contributed by atoms with Crippen molar-refractivity contribution >= 4 is 17.2 Å². The molecule has 0 bridgehead atoms. The fraction of sp³-hybridized carbons (Fsp3) is 0.714. The zero-order valence-corrected chi connectivity index (χ0v) is 12.8. The van der Waals surface area contributed by atoms with E-state index in [2.05, 4.69) is 22.6 Å². The number of ether oxygens (including phenoxy) is 1. The molecule has 1 fully saturated rings. The highest BCUT2D eigenvalue weighted by Gasteiger charge is 2.38. The third-order valence-corrected chi connectivity index (χ3v) is 4.93. The summed E-state index contributed by atoms with van der Waals surface area (Å²) in [6.45, 7) is 4.35. The van der Waals surface area contributed by atoms with Crippen LogP contribution in [0.3, 0.4) is 0 Å². The Morgan fingerprint density at radius 2 is 2.30 bits per heavy atom. The van der Waals surface area contributed by atoms with E-state index in [1.807, 2.05) is 0 Å². The number of amides is 1. The lowest BCUT2D eigenvalue weighted by atomic mass is 9.79. The van der Waals surface area contributed by atoms with Crippen LogP contribution in [0, 0.1) is 5.41 Å². The molecule has 6 heteroatoms. The third-order valence-electron chi connectivity index (χ3n) is 3.89. The van der Waals surface area contributed by atoms with Crippen molar-refractivity contribution in [3.8, 4) is 0 Å². The first kappa shape index (κ1) is 15.4. The maximum atomic E-state index is 12.3. The molecule has 20 heavy (non-hydrogen) atoms. The zero-order chi connectivity index (χ0) is 14.4. The van der Waals surface area contributed by atoms with Crippen LogP contribution in [0.15, 0.2) is 5.38 Å². The van der Waals surface area contributed by atoms with E-state index in [1.54, 1.807) is 11.3 Å². The van der Waals surface area contributed by atoms with Crippen LogP contribution >= 0.6 is 11.3 Å². The zero-order valence-electron chi connectivity index (χ0n) is 12.0. The monoisotopic (exact) mass is 297 g/mol. The first-order valence-corrected chi connectivity index (χ1v) is 8.07. The van der Waals surface area contributed by atoms with E-state index < -0.39 is 5.41 Å². The minimum absolute atomic E-state index is 0.0641. The second kappa shape index (κ2) is 7.15. The topological polar surface area (TPSA) is 77.2 Å². The number of aromatic nitrogens is 1. The number of nitrogens with zero attached hydrogens (tertiary/aromatic N) is 1. The van der Waals surface area contributed by atoms with Crippen molar-refractivity contribution in [1.82, 2.24) is 10.3 Å². The largest absolute Gasteiger partial charge is 0.381 e. The highest BCUT2D eigenvalue weighted by molar-refractivity contribution is 7.09. The molecule has 2 heterocycles. The van der Waals surface area contributed by atoms with Gasteiger partial charge in [0, 0.05) is 38.1 Å². The molecule has 1 aliphatic heterocycles. The van der Waals surface area contributed by atoms with Crippen LogP contribution in [0.4, 0.5) is 0 Å². The Hall–Kier alpha value is -0.980. The summed E-state index contributed by atoms with van der Waals surface area (Å²) < 4.78 is 5.32. The van der Waals surface area contributed by atoms with E-state index in [0.29, 0.717) is 39.1 Å². The SMILES string of the molecule is CCc1nc(CCNC(=O)C2(CN)CCOCC2)cs1. The summed E-state index contributed by atoms with van der Waals surface area (Å²) in [4.78, 5) is 16.8. The third kappa shape index (κ3) is 3.56. The number of carbonyl (C=O) groups is 1. The quantitative estimate of drug-likeness (QED) is 0.825. The molecule has 1 aliphatic rings. The number of rotatable bonds is 6. The molecule has 0 atom stereocenters. The highest BCUT2D eigenvalue weighted by Crippen LogP contribution is 2.29. The van der Waals surface area contributed by atoms with Crippen molar-refractivity contribution in [3.63, 3.8) is 0 Å². The Kier molecular flexibility index (Phi) is 5.51. The van der Waals surface area contributed by atoms with Gasteiger partial charge in [-0.1, -0.05) is 6.92 Å². The second-order valence-corrected chi connectivity index (χ2v) is 6.13. The molecular formula is C14H23N3O2S. The first-order valence-electron chi connectivity index (χ1n) is 7.19. The van der Waals surface area contributed by atoms with Gasteiger partial charge in [0.2, 0.25) is 5.91 Å². The predicted octanol–water partition coefficient (Wildman–Crippen LogP) is 1.12. The van der Waals surface area contributed by atoms with E-state index in [9.17, 15) is 4.79 Å². The minimum atomic E-state index is -0.436. The van der Waals surface area contributed by atoms with Crippen molar-refractivity contribution in [3.05, 3.63) is 16.1 Å². The van der Waals surface area contributed by atoms with Gasteiger partial charge >= 0.3 is 0 Å². The second-order valence-electron chi connectivity index (χ2n) is 5.19. The van der Waals surface area contributed by atoms with Crippen LogP contribution in [0.2, 0.25) is 0 Å². The van der Waals surface area contributed by atoms with Gasteiger partial charge < -0.3 is 15.8 Å². The molecule has 1 aromatic heterocycles. The van der Waals surface area contributed by atoms with Gasteiger partial charge in [0.25, 0.3) is 0 Å². The number of hydrogen-bond acceptors (Lipinski definition) is 5. The Morgan fingerprint density at radius 1 is 1.55 bits per heavy atom. The fourth-order valence-corrected chi connectivity index (χ4v) is 3.18. The highest BCUT2D eigenvalue weighted by atomic mass is 32.1. The summed E-state index contributed by atoms with van der Waals surface area (Å²) in [7, 11) is 0. The molecule has 5 nitrogen and oxygen atoms in total. The smallest absolute Gasteiger partial charge is 0.227 e. The van der Waals surface area contributed by atoms with Crippen molar-refractivity contribution < 1.29 is 9.53 Å². The number of hydrogen-bond donors (Lipinski definition) is 2. The van der Waals surface area contributed by atoms with Gasteiger partial charge in [0.15, 0.2) is 0 Å². The van der Waals surface area contributed by atoms with E-state index in [1.165, 1.54) is 0 Å². The van der Waals surface area contributed by atoms with Gasteiger partial charge in [0.05, 0.1) is 16.1 Å². The van der Waals surface area contributed by atoms with Crippen LogP contribution in [0.5, 0.6) is 0 Å². The van der Waals surface area contributed by atoms with Crippen molar-refractivity contribution in [2.75, 3.05) is 26.3 Å². The summed E-state index contributed by atoms with van der Waals surface area (Å²) >= 11 is 1.68. The number of thiazole rings is 1. The molecule has 0 radical (unpaired) electrons. The summed E-state index contributed by atoms with van der Waals surface area (Å²) in [5, 5.41) is 6.23. The molecule has 2 rings (SSSR count). The van der Waals surface area contributed by atoms with Gasteiger partial charge in [-0.05, 0) is 19.3 Å². The molecule has 0 spiro atoms. The molecule has 112 valence electrons. The molecule has 0 saturated carbocycles. The van der Waals surface area contributed by atoms with Crippen molar-refractivity contribution in [1.29, 1.82) is 0 Å². The van der Waals surface area contributed by atoms with Crippen molar-refractivity contribution in [2.24, 2.45) is 11.1 Å². The van der Waals surface area contributed by atoms with E-state index >= 15 is 0 Å². The first-order chi connectivity index (χ1) is 9.70. The fourth-order valence-electron chi connectivity index (χ4n) is 2.40. The number of carbonyl (C=O) groups excluding carboxylic acids is 1. The van der Waals surface area contributed by atoms with E-state index in [-0.39, 0.29) is 5.91 Å². The van der Waals surface area contributed by atoms with Gasteiger partial charge in [-0.3, -0.25) is 4.79 Å². The molecule has 0 aromatic carbocycles. The summed E-state index contributed by atoms with van der Waals surface area (Å²) in [6, 6.07) is 0. The van der Waals surface area contributed by atoms with E-state index in [0.717, 1.165) is 23.5 Å². The lowest BCUT2D eigenvalue weighted by Crippen LogP contribution is -2.49. The van der Waals surface area contributed by atoms with Gasteiger partial charge in [-0.25, -0.2) is 4.98 Å². The molecule has 0 aliphatic carbocycles. The standard InChI is InChI=1S/C14H23N3O2S/c1-2-12-17-11(9-20-12)3-6-16-13(18)14(10-15)4-7-19-8-5-14/h9H,2-8,10,15H2,1H3,(H,16,18). The lowest BCUT2D eigenvalue weighted by molar-refractivity contribution is -0.135. The van der Waals surface area contributed by atoms with Gasteiger partial charge in [-0.2, -0.15) is 0 Å². The minimum Gasteiger partial charge on any atom is -0.381 e. The maximum absolute atomic E-state index is 12.3. The van der Waals surface area contributed by atoms with Gasteiger partial charge in [-0.15, -0.1) is 11.3 Å². The maximum Gasteiger partial charge on any atom is 0.227 e. The molecule has 0 unspecified atom stereocenters. The summed E-state index contributed by atoms with van der Waals surface area (Å²) in [5.74, 6) is 0.0641. The van der Waals surface area contributed by atoms with Crippen LogP contribution in [-0.2, 0) is 22.4 Å². The summed E-state index contributed by atoms with van der Waals surface area (Å²) in [5.41, 5.74) is 6.44. The van der Waals surface area contributed by atoms with Crippen LogP contribution in [0.1, 0.15) is 30.5 Å². The van der Waals surface area contributed by atoms with Crippen molar-refractivity contribution in [2.45, 2.75) is 32.6 Å². The van der Waals surface area contributed by atoms with Crippen LogP contribution < -0.4 is 11.1 Å². The molecule has 1 amide bonds. The average Bonchev–Trinajstić information content (AvgIpc) is 2.95. The van der Waals surface area contributed by atoms with Gasteiger partial charge in [0.1, 0.15) is 0 Å². The average molecular weight is 297 g/mol. The molecule has 1 aromatic rings. The lowest BCUT2D eigenvalue weighted by Gasteiger charge is -2.34. The number of nitrogens with two attached hydrogens (primary N) is 1. The Balaban J connectivity index is 1.81. The normalized spacial score (nSPS) is 17.9. The number of aryl methyl sites for hydroxylation is 1.